The molecule has 0 aromatic heterocycles. The summed E-state index contributed by atoms with van der Waals surface area (Å²) in [6, 6.07) is 0. The van der Waals surface area contributed by atoms with Gasteiger partial charge >= 0.3 is 6.09 Å². The van der Waals surface area contributed by atoms with E-state index in [-0.39, 0.29) is 6.09 Å². The third-order valence-corrected chi connectivity index (χ3v) is 2.03. The van der Waals surface area contributed by atoms with Crippen LogP contribution in [0.2, 0.25) is 0 Å². The molecule has 0 aromatic rings. The highest BCUT2D eigenvalue weighted by Gasteiger charge is 2.22. The molecule has 0 aromatic carbocycles. The zero-order valence-electron chi connectivity index (χ0n) is 11.3. The standard InChI is InChI=1S/C12H25NO3/c1-7-13(9-8-12(5,6)15)10(14)16-11(2,3)4/h15H,7-9H2,1-6H3. The molecule has 4 nitrogen and oxygen atoms in total. The van der Waals surface area contributed by atoms with Gasteiger partial charge in [-0.25, -0.2) is 4.79 Å². The van der Waals surface area contributed by atoms with Crippen molar-refractivity contribution >= 4 is 6.09 Å². The Morgan fingerprint density at radius 3 is 2.06 bits per heavy atom. The Bertz CT molecular complexity index is 225. The predicted octanol–water partition coefficient (Wildman–Crippen LogP) is 2.40. The van der Waals surface area contributed by atoms with Crippen LogP contribution < -0.4 is 0 Å². The molecule has 0 bridgehead atoms. The first-order valence-electron chi connectivity index (χ1n) is 5.75. The highest BCUT2D eigenvalue weighted by molar-refractivity contribution is 5.68. The van der Waals surface area contributed by atoms with E-state index in [1.165, 1.54) is 0 Å². The number of amides is 1. The van der Waals surface area contributed by atoms with Crippen molar-refractivity contribution in [1.29, 1.82) is 0 Å². The first-order valence-corrected chi connectivity index (χ1v) is 5.75. The minimum Gasteiger partial charge on any atom is -0.444 e. The Morgan fingerprint density at radius 2 is 1.75 bits per heavy atom. The lowest BCUT2D eigenvalue weighted by Gasteiger charge is -2.28. The molecule has 0 heterocycles. The predicted molar refractivity (Wildman–Crippen MR) is 64.4 cm³/mol. The number of aliphatic hydroxyl groups is 1. The van der Waals surface area contributed by atoms with E-state index in [9.17, 15) is 9.90 Å². The summed E-state index contributed by atoms with van der Waals surface area (Å²) in [4.78, 5) is 13.3. The molecule has 0 rings (SSSR count). The largest absolute Gasteiger partial charge is 0.444 e. The number of carbonyl (C=O) groups is 1. The summed E-state index contributed by atoms with van der Waals surface area (Å²) in [5, 5.41) is 9.60. The number of ether oxygens (including phenoxy) is 1. The molecule has 96 valence electrons. The van der Waals surface area contributed by atoms with E-state index in [4.69, 9.17) is 4.74 Å². The molecular formula is C12H25NO3. The molecule has 0 aliphatic heterocycles. The van der Waals surface area contributed by atoms with E-state index in [2.05, 4.69) is 0 Å². The van der Waals surface area contributed by atoms with Crippen LogP contribution in [0.5, 0.6) is 0 Å². The Morgan fingerprint density at radius 1 is 1.25 bits per heavy atom. The van der Waals surface area contributed by atoms with Crippen LogP contribution >= 0.6 is 0 Å². The second kappa shape index (κ2) is 5.53. The van der Waals surface area contributed by atoms with Crippen molar-refractivity contribution in [2.45, 2.75) is 59.2 Å². The molecule has 0 saturated heterocycles. The Labute approximate surface area is 98.6 Å². The third kappa shape index (κ3) is 7.51. The van der Waals surface area contributed by atoms with E-state index < -0.39 is 11.2 Å². The first kappa shape index (κ1) is 15.2. The molecule has 0 unspecified atom stereocenters. The summed E-state index contributed by atoms with van der Waals surface area (Å²) in [5.74, 6) is 0. The third-order valence-electron chi connectivity index (χ3n) is 2.03. The van der Waals surface area contributed by atoms with Crippen LogP contribution in [0.1, 0.15) is 48.0 Å². The molecule has 0 radical (unpaired) electrons. The molecule has 0 aliphatic carbocycles. The Balaban J connectivity index is 4.23. The van der Waals surface area contributed by atoms with Gasteiger partial charge in [0.05, 0.1) is 5.60 Å². The van der Waals surface area contributed by atoms with E-state index in [1.807, 2.05) is 27.7 Å². The fourth-order valence-corrected chi connectivity index (χ4v) is 1.11. The molecule has 0 fully saturated rings. The molecule has 1 N–H and O–H groups in total. The van der Waals surface area contributed by atoms with Crippen LogP contribution in [0.4, 0.5) is 4.79 Å². The number of hydrogen-bond acceptors (Lipinski definition) is 3. The summed E-state index contributed by atoms with van der Waals surface area (Å²) in [7, 11) is 0. The van der Waals surface area contributed by atoms with Crippen LogP contribution in [-0.4, -0.2) is 40.4 Å². The van der Waals surface area contributed by atoms with Crippen molar-refractivity contribution in [3.63, 3.8) is 0 Å². The normalized spacial score (nSPS) is 12.4. The minimum atomic E-state index is -0.755. The molecule has 0 aliphatic rings. The van der Waals surface area contributed by atoms with Crippen molar-refractivity contribution in [2.75, 3.05) is 13.1 Å². The van der Waals surface area contributed by atoms with Gasteiger partial charge in [0.15, 0.2) is 0 Å². The van der Waals surface area contributed by atoms with Crippen molar-refractivity contribution in [3.05, 3.63) is 0 Å². The summed E-state index contributed by atoms with van der Waals surface area (Å²) in [6.07, 6.45) is 0.222. The monoisotopic (exact) mass is 231 g/mol. The molecular weight excluding hydrogens is 206 g/mol. The molecule has 1 amide bonds. The van der Waals surface area contributed by atoms with E-state index in [0.717, 1.165) is 0 Å². The lowest BCUT2D eigenvalue weighted by molar-refractivity contribution is 0.0167. The topological polar surface area (TPSA) is 49.8 Å². The lowest BCUT2D eigenvalue weighted by Crippen LogP contribution is -2.39. The summed E-state index contributed by atoms with van der Waals surface area (Å²) in [5.41, 5.74) is -1.23. The van der Waals surface area contributed by atoms with Gasteiger partial charge in [-0.15, -0.1) is 0 Å². The van der Waals surface area contributed by atoms with Gasteiger partial charge < -0.3 is 14.7 Å². The second-order valence-electron chi connectivity index (χ2n) is 5.62. The van der Waals surface area contributed by atoms with E-state index in [1.54, 1.807) is 18.7 Å². The molecule has 0 spiro atoms. The Hall–Kier alpha value is -0.770. The molecule has 4 heteroatoms. The SMILES string of the molecule is CCN(CCC(C)(C)O)C(=O)OC(C)(C)C. The zero-order valence-corrected chi connectivity index (χ0v) is 11.3. The van der Waals surface area contributed by atoms with Gasteiger partial charge in [0.25, 0.3) is 0 Å². The zero-order chi connectivity index (χ0) is 13.0. The molecule has 16 heavy (non-hydrogen) atoms. The minimum absolute atomic E-state index is 0.320. The van der Waals surface area contributed by atoms with Gasteiger partial charge in [0.2, 0.25) is 0 Å². The van der Waals surface area contributed by atoms with Gasteiger partial charge in [-0.3, -0.25) is 0 Å². The summed E-state index contributed by atoms with van der Waals surface area (Å²) >= 11 is 0. The maximum Gasteiger partial charge on any atom is 0.410 e. The summed E-state index contributed by atoms with van der Waals surface area (Å²) < 4.78 is 5.26. The summed E-state index contributed by atoms with van der Waals surface area (Å²) in [6.45, 7) is 12.0. The maximum atomic E-state index is 11.7. The Kier molecular flexibility index (Phi) is 5.26. The van der Waals surface area contributed by atoms with Gasteiger partial charge in [0, 0.05) is 13.1 Å². The van der Waals surface area contributed by atoms with Gasteiger partial charge in [-0.1, -0.05) is 0 Å². The molecule has 0 saturated carbocycles. The number of rotatable bonds is 4. The van der Waals surface area contributed by atoms with Crippen LogP contribution in [0, 0.1) is 0 Å². The first-order chi connectivity index (χ1) is 7.05. The average Bonchev–Trinajstić information content (AvgIpc) is 1.99. The number of nitrogens with zero attached hydrogens (tertiary/aromatic N) is 1. The number of carbonyl (C=O) groups excluding carboxylic acids is 1. The van der Waals surface area contributed by atoms with Crippen molar-refractivity contribution in [3.8, 4) is 0 Å². The maximum absolute atomic E-state index is 11.7. The van der Waals surface area contributed by atoms with Crippen LogP contribution in [0.15, 0.2) is 0 Å². The lowest BCUT2D eigenvalue weighted by atomic mass is 10.1. The van der Waals surface area contributed by atoms with Crippen LogP contribution in [0.25, 0.3) is 0 Å². The highest BCUT2D eigenvalue weighted by atomic mass is 16.6. The number of hydrogen-bond donors (Lipinski definition) is 1. The smallest absolute Gasteiger partial charge is 0.410 e. The van der Waals surface area contributed by atoms with Gasteiger partial charge in [-0.05, 0) is 48.0 Å². The van der Waals surface area contributed by atoms with Crippen molar-refractivity contribution in [2.24, 2.45) is 0 Å². The van der Waals surface area contributed by atoms with E-state index >= 15 is 0 Å². The van der Waals surface area contributed by atoms with Gasteiger partial charge in [0.1, 0.15) is 5.60 Å². The van der Waals surface area contributed by atoms with E-state index in [0.29, 0.717) is 19.5 Å². The quantitative estimate of drug-likeness (QED) is 0.808. The average molecular weight is 231 g/mol. The van der Waals surface area contributed by atoms with Crippen molar-refractivity contribution in [1.82, 2.24) is 4.90 Å². The molecule has 0 atom stereocenters. The van der Waals surface area contributed by atoms with Gasteiger partial charge in [-0.2, -0.15) is 0 Å². The fourth-order valence-electron chi connectivity index (χ4n) is 1.11. The van der Waals surface area contributed by atoms with Crippen LogP contribution in [-0.2, 0) is 4.74 Å². The fraction of sp³-hybridized carbons (Fsp3) is 0.917. The highest BCUT2D eigenvalue weighted by Crippen LogP contribution is 2.12. The van der Waals surface area contributed by atoms with Crippen LogP contribution in [0.3, 0.4) is 0 Å². The second-order valence-corrected chi connectivity index (χ2v) is 5.62. The van der Waals surface area contributed by atoms with Crippen molar-refractivity contribution < 1.29 is 14.6 Å².